The highest BCUT2D eigenvalue weighted by molar-refractivity contribution is 7.81. The zero-order valence-corrected chi connectivity index (χ0v) is 9.72. The van der Waals surface area contributed by atoms with Crippen molar-refractivity contribution in [2.75, 3.05) is 31.9 Å². The zero-order valence-electron chi connectivity index (χ0n) is 7.93. The van der Waals surface area contributed by atoms with Gasteiger partial charge in [-0.25, -0.2) is 0 Å². The molecule has 0 aromatic carbocycles. The van der Waals surface area contributed by atoms with Gasteiger partial charge in [0.2, 0.25) is 0 Å². The number of rotatable bonds is 7. The van der Waals surface area contributed by atoms with Crippen molar-refractivity contribution in [1.82, 2.24) is 10.6 Å². The second-order valence-electron chi connectivity index (χ2n) is 3.46. The molecule has 0 bridgehead atoms. The van der Waals surface area contributed by atoms with E-state index in [2.05, 4.69) is 49.7 Å². The van der Waals surface area contributed by atoms with Crippen molar-refractivity contribution < 1.29 is 0 Å². The third-order valence-electron chi connectivity index (χ3n) is 1.32. The van der Waals surface area contributed by atoms with Crippen molar-refractivity contribution in [3.8, 4) is 0 Å². The zero-order chi connectivity index (χ0) is 9.45. The molecule has 0 rings (SSSR count). The molecule has 12 heavy (non-hydrogen) atoms. The molecule has 0 amide bonds. The predicted octanol–water partition coefficient (Wildman–Crippen LogP) is 0.804. The summed E-state index contributed by atoms with van der Waals surface area (Å²) in [5.74, 6) is 0.901. The van der Waals surface area contributed by atoms with E-state index in [0.717, 1.165) is 31.9 Å². The minimum atomic E-state index is 0.0869. The normalized spacial score (nSPS) is 12.0. The Hall–Kier alpha value is 0.620. The Bertz CT molecular complexity index is 102. The Balaban J connectivity index is 3.01. The molecule has 0 aliphatic carbocycles. The lowest BCUT2D eigenvalue weighted by molar-refractivity contribution is 0.572. The van der Waals surface area contributed by atoms with Crippen molar-refractivity contribution in [2.24, 2.45) is 0 Å². The molecular weight excluding hydrogens is 188 g/mol. The van der Waals surface area contributed by atoms with Crippen molar-refractivity contribution in [2.45, 2.75) is 18.6 Å². The summed E-state index contributed by atoms with van der Waals surface area (Å²) in [5, 5.41) is 6.58. The van der Waals surface area contributed by atoms with Crippen LogP contribution < -0.4 is 10.6 Å². The van der Waals surface area contributed by atoms with Gasteiger partial charge < -0.3 is 10.6 Å². The number of thiol groups is 2. The van der Waals surface area contributed by atoms with Crippen molar-refractivity contribution in [1.29, 1.82) is 0 Å². The number of hydrogen-bond donors (Lipinski definition) is 4. The van der Waals surface area contributed by atoms with Gasteiger partial charge in [-0.3, -0.25) is 0 Å². The highest BCUT2D eigenvalue weighted by Gasteiger charge is 2.08. The van der Waals surface area contributed by atoms with Crippen LogP contribution in [0, 0.1) is 0 Å². The van der Waals surface area contributed by atoms with E-state index >= 15 is 0 Å². The molecule has 2 N–H and O–H groups in total. The van der Waals surface area contributed by atoms with E-state index in [-0.39, 0.29) is 4.75 Å². The van der Waals surface area contributed by atoms with Gasteiger partial charge in [-0.2, -0.15) is 25.3 Å². The van der Waals surface area contributed by atoms with Crippen LogP contribution in [0.4, 0.5) is 0 Å². The predicted molar refractivity (Wildman–Crippen MR) is 62.7 cm³/mol. The Morgan fingerprint density at radius 3 is 2.17 bits per heavy atom. The highest BCUT2D eigenvalue weighted by atomic mass is 32.1. The molecule has 0 unspecified atom stereocenters. The van der Waals surface area contributed by atoms with Gasteiger partial charge in [-0.1, -0.05) is 0 Å². The highest BCUT2D eigenvalue weighted by Crippen LogP contribution is 2.08. The first kappa shape index (κ1) is 12.6. The quantitative estimate of drug-likeness (QED) is 0.368. The van der Waals surface area contributed by atoms with Gasteiger partial charge in [0, 0.05) is 36.7 Å². The molecule has 0 aliphatic heterocycles. The smallest absolute Gasteiger partial charge is 0.0198 e. The lowest BCUT2D eigenvalue weighted by Gasteiger charge is -2.17. The van der Waals surface area contributed by atoms with E-state index in [4.69, 9.17) is 0 Å². The first-order chi connectivity index (χ1) is 5.56. The Labute approximate surface area is 86.7 Å². The van der Waals surface area contributed by atoms with Crippen LogP contribution in [0.25, 0.3) is 0 Å². The molecule has 74 valence electrons. The van der Waals surface area contributed by atoms with Gasteiger partial charge in [0.1, 0.15) is 0 Å². The average molecular weight is 208 g/mol. The Morgan fingerprint density at radius 1 is 1.08 bits per heavy atom. The van der Waals surface area contributed by atoms with Crippen LogP contribution in [0.3, 0.4) is 0 Å². The molecule has 0 fully saturated rings. The average Bonchev–Trinajstić information content (AvgIpc) is 1.94. The maximum atomic E-state index is 4.40. The van der Waals surface area contributed by atoms with E-state index in [1.807, 2.05) is 0 Å². The van der Waals surface area contributed by atoms with Gasteiger partial charge in [-0.15, -0.1) is 0 Å². The second-order valence-corrected chi connectivity index (χ2v) is 5.12. The lowest BCUT2D eigenvalue weighted by Crippen LogP contribution is -2.35. The summed E-state index contributed by atoms with van der Waals surface area (Å²) >= 11 is 8.50. The summed E-state index contributed by atoms with van der Waals surface area (Å²) in [5.41, 5.74) is 0. The third kappa shape index (κ3) is 10.6. The van der Waals surface area contributed by atoms with Crippen LogP contribution in [-0.4, -0.2) is 36.7 Å². The summed E-state index contributed by atoms with van der Waals surface area (Å²) in [4.78, 5) is 0. The van der Waals surface area contributed by atoms with Crippen molar-refractivity contribution >= 4 is 25.3 Å². The minimum Gasteiger partial charge on any atom is -0.315 e. The fourth-order valence-electron chi connectivity index (χ4n) is 0.775. The molecule has 4 heteroatoms. The van der Waals surface area contributed by atoms with E-state index in [0.29, 0.717) is 0 Å². The van der Waals surface area contributed by atoms with Crippen LogP contribution in [0.1, 0.15) is 13.8 Å². The first-order valence-electron chi connectivity index (χ1n) is 4.31. The van der Waals surface area contributed by atoms with Gasteiger partial charge in [0.15, 0.2) is 0 Å². The molecule has 0 aromatic rings. The molecule has 0 saturated carbocycles. The van der Waals surface area contributed by atoms with Crippen molar-refractivity contribution in [3.63, 3.8) is 0 Å². The van der Waals surface area contributed by atoms with E-state index in [1.54, 1.807) is 0 Å². The fourth-order valence-corrected chi connectivity index (χ4v) is 1.05. The maximum Gasteiger partial charge on any atom is 0.0198 e. The Morgan fingerprint density at radius 2 is 1.67 bits per heavy atom. The second kappa shape index (κ2) is 7.06. The molecule has 2 nitrogen and oxygen atoms in total. The van der Waals surface area contributed by atoms with Gasteiger partial charge in [0.25, 0.3) is 0 Å². The molecule has 0 aliphatic rings. The van der Waals surface area contributed by atoms with Crippen LogP contribution in [0.2, 0.25) is 0 Å². The third-order valence-corrected chi connectivity index (χ3v) is 1.71. The number of nitrogens with one attached hydrogen (secondary N) is 2. The molecule has 0 radical (unpaired) electrons. The number of hydrogen-bond acceptors (Lipinski definition) is 4. The van der Waals surface area contributed by atoms with Crippen LogP contribution in [-0.2, 0) is 0 Å². The first-order valence-corrected chi connectivity index (χ1v) is 5.39. The molecule has 0 saturated heterocycles. The van der Waals surface area contributed by atoms with Crippen molar-refractivity contribution in [3.05, 3.63) is 0 Å². The summed E-state index contributed by atoms with van der Waals surface area (Å²) < 4.78 is 0.0869. The van der Waals surface area contributed by atoms with E-state index < -0.39 is 0 Å². The van der Waals surface area contributed by atoms with E-state index in [1.165, 1.54) is 0 Å². The topological polar surface area (TPSA) is 24.1 Å². The molecule has 0 atom stereocenters. The van der Waals surface area contributed by atoms with Gasteiger partial charge in [-0.05, 0) is 13.8 Å². The molecule has 0 heterocycles. The van der Waals surface area contributed by atoms with Crippen LogP contribution in [0.15, 0.2) is 0 Å². The molecule has 0 aromatic heterocycles. The summed E-state index contributed by atoms with van der Waals surface area (Å²) in [6.45, 7) is 8.13. The molecule has 0 spiro atoms. The van der Waals surface area contributed by atoms with Gasteiger partial charge in [0.05, 0.1) is 0 Å². The summed E-state index contributed by atoms with van der Waals surface area (Å²) in [7, 11) is 0. The maximum absolute atomic E-state index is 4.40. The standard InChI is InChI=1S/C8H20N2S2/c1-8(2,12)7-10-4-3-9-5-6-11/h9-12H,3-7H2,1-2H3. The molecular formula is C8H20N2S2. The van der Waals surface area contributed by atoms with Gasteiger partial charge >= 0.3 is 0 Å². The van der Waals surface area contributed by atoms with Crippen LogP contribution in [0.5, 0.6) is 0 Å². The summed E-state index contributed by atoms with van der Waals surface area (Å²) in [6, 6.07) is 0. The van der Waals surface area contributed by atoms with E-state index in [9.17, 15) is 0 Å². The monoisotopic (exact) mass is 208 g/mol. The Kier molecular flexibility index (Phi) is 7.43. The lowest BCUT2D eigenvalue weighted by atomic mass is 10.2. The largest absolute Gasteiger partial charge is 0.315 e. The fraction of sp³-hybridized carbons (Fsp3) is 1.00. The minimum absolute atomic E-state index is 0.0869. The summed E-state index contributed by atoms with van der Waals surface area (Å²) in [6.07, 6.45) is 0. The van der Waals surface area contributed by atoms with Crippen LogP contribution >= 0.6 is 25.3 Å². The SMILES string of the molecule is CC(C)(S)CNCCNCCS.